The summed E-state index contributed by atoms with van der Waals surface area (Å²) < 4.78 is 0. The summed E-state index contributed by atoms with van der Waals surface area (Å²) in [5.74, 6) is -0.103. The first-order valence-corrected chi connectivity index (χ1v) is 11.2. The van der Waals surface area contributed by atoms with Crippen LogP contribution in [0.2, 0.25) is 0 Å². The van der Waals surface area contributed by atoms with Gasteiger partial charge >= 0.3 is 0 Å². The van der Waals surface area contributed by atoms with Crippen molar-refractivity contribution in [1.29, 1.82) is 0 Å². The molecule has 2 fully saturated rings. The van der Waals surface area contributed by atoms with Gasteiger partial charge in [-0.3, -0.25) is 14.4 Å². The fourth-order valence-electron chi connectivity index (χ4n) is 5.03. The summed E-state index contributed by atoms with van der Waals surface area (Å²) in [7, 11) is 0. The third kappa shape index (κ3) is 4.25. The van der Waals surface area contributed by atoms with E-state index >= 15 is 0 Å². The first-order valence-electron chi connectivity index (χ1n) is 11.2. The van der Waals surface area contributed by atoms with Crippen LogP contribution >= 0.6 is 0 Å². The number of nitrogens with one attached hydrogen (secondary N) is 3. The van der Waals surface area contributed by atoms with E-state index in [1.165, 1.54) is 13.8 Å². The molecule has 0 saturated carbocycles. The average molecular weight is 435 g/mol. The molecular weight excluding hydrogens is 404 g/mol. The first kappa shape index (κ1) is 22.0. The van der Waals surface area contributed by atoms with Gasteiger partial charge in [-0.15, -0.1) is 0 Å². The summed E-state index contributed by atoms with van der Waals surface area (Å²) in [4.78, 5) is 38.5. The highest BCUT2D eigenvalue weighted by Gasteiger charge is 2.48. The molecule has 0 bridgehead atoms. The van der Waals surface area contributed by atoms with Crippen LogP contribution in [0.15, 0.2) is 48.5 Å². The highest BCUT2D eigenvalue weighted by molar-refractivity contribution is 5.89. The Morgan fingerprint density at radius 2 is 1.41 bits per heavy atom. The van der Waals surface area contributed by atoms with Crippen LogP contribution in [-0.2, 0) is 19.9 Å². The third-order valence-electron chi connectivity index (χ3n) is 6.37. The van der Waals surface area contributed by atoms with Crippen molar-refractivity contribution < 1.29 is 14.4 Å². The lowest BCUT2D eigenvalue weighted by molar-refractivity contribution is -0.136. The number of likely N-dealkylation sites (tertiary alicyclic amines) is 1. The molecule has 2 heterocycles. The Hall–Kier alpha value is -3.19. The van der Waals surface area contributed by atoms with Gasteiger partial charge in [0.1, 0.15) is 0 Å². The molecule has 3 N–H and O–H groups in total. The van der Waals surface area contributed by atoms with Gasteiger partial charge in [-0.2, -0.15) is 0 Å². The number of carbonyl (C=O) groups is 3. The van der Waals surface area contributed by atoms with Gasteiger partial charge in [-0.05, 0) is 67.6 Å². The Kier molecular flexibility index (Phi) is 6.28. The van der Waals surface area contributed by atoms with Crippen molar-refractivity contribution in [2.45, 2.75) is 51.1 Å². The maximum Gasteiger partial charge on any atom is 0.240 e. The molecule has 0 aromatic heterocycles. The Morgan fingerprint density at radius 1 is 0.875 bits per heavy atom. The van der Waals surface area contributed by atoms with Gasteiger partial charge in [-0.1, -0.05) is 24.3 Å². The number of rotatable bonds is 5. The molecule has 2 aliphatic rings. The second kappa shape index (κ2) is 9.12. The molecule has 1 atom stereocenters. The number of benzene rings is 2. The minimum absolute atomic E-state index is 0.119. The van der Waals surface area contributed by atoms with Crippen molar-refractivity contribution in [3.63, 3.8) is 0 Å². The van der Waals surface area contributed by atoms with Crippen LogP contribution in [0.3, 0.4) is 0 Å². The fourth-order valence-corrected chi connectivity index (χ4v) is 5.03. The molecule has 0 radical (unpaired) electrons. The highest BCUT2D eigenvalue weighted by Crippen LogP contribution is 2.45. The Morgan fingerprint density at radius 3 is 1.84 bits per heavy atom. The Balaban J connectivity index is 1.76. The van der Waals surface area contributed by atoms with Crippen LogP contribution < -0.4 is 16.0 Å². The number of anilines is 2. The maximum atomic E-state index is 13.6. The summed E-state index contributed by atoms with van der Waals surface area (Å²) in [6.07, 6.45) is 3.58. The largest absolute Gasteiger partial charge is 0.327 e. The fraction of sp³-hybridized carbons (Fsp3) is 0.400. The molecule has 7 heteroatoms. The highest BCUT2D eigenvalue weighted by atomic mass is 16.2. The standard InChI is InChI=1S/C25H30N4O3/c1-17(30)27-21-10-6-19(7-11-21)25(20-8-12-22(13-9-20)28-18(2)31)14-4-16-29(25)24(32)23-5-3-15-26-23/h6-13,23,26H,3-5,14-16H2,1-2H3,(H,27,30)(H,28,31)/t23-/m0/s1. The molecule has 168 valence electrons. The number of carbonyl (C=O) groups excluding carboxylic acids is 3. The van der Waals surface area contributed by atoms with E-state index in [0.29, 0.717) is 6.54 Å². The van der Waals surface area contributed by atoms with E-state index in [1.54, 1.807) is 0 Å². The number of amides is 3. The van der Waals surface area contributed by atoms with Crippen molar-refractivity contribution in [2.75, 3.05) is 23.7 Å². The lowest BCUT2D eigenvalue weighted by atomic mass is 9.80. The van der Waals surface area contributed by atoms with Crippen LogP contribution in [0.4, 0.5) is 11.4 Å². The minimum Gasteiger partial charge on any atom is -0.327 e. The summed E-state index contributed by atoms with van der Waals surface area (Å²) in [6, 6.07) is 15.4. The second-order valence-electron chi connectivity index (χ2n) is 8.62. The molecule has 2 aromatic carbocycles. The van der Waals surface area contributed by atoms with Crippen LogP contribution in [0.1, 0.15) is 50.7 Å². The van der Waals surface area contributed by atoms with Crippen molar-refractivity contribution in [3.8, 4) is 0 Å². The molecule has 2 aromatic rings. The molecular formula is C25H30N4O3. The number of nitrogens with zero attached hydrogens (tertiary/aromatic N) is 1. The normalized spacial score (nSPS) is 19.6. The summed E-state index contributed by atoms with van der Waals surface area (Å²) in [6.45, 7) is 4.53. The van der Waals surface area contributed by atoms with Gasteiger partial charge in [0.2, 0.25) is 17.7 Å². The molecule has 0 unspecified atom stereocenters. The van der Waals surface area contributed by atoms with E-state index in [9.17, 15) is 14.4 Å². The van der Waals surface area contributed by atoms with Crippen LogP contribution in [0.5, 0.6) is 0 Å². The second-order valence-corrected chi connectivity index (χ2v) is 8.62. The molecule has 0 spiro atoms. The molecule has 2 aliphatic heterocycles. The van der Waals surface area contributed by atoms with E-state index in [1.807, 2.05) is 53.4 Å². The van der Waals surface area contributed by atoms with E-state index in [4.69, 9.17) is 0 Å². The lowest BCUT2D eigenvalue weighted by Crippen LogP contribution is -2.51. The van der Waals surface area contributed by atoms with E-state index in [-0.39, 0.29) is 23.8 Å². The molecule has 3 amide bonds. The summed E-state index contributed by atoms with van der Waals surface area (Å²) in [5, 5.41) is 8.97. The van der Waals surface area contributed by atoms with Crippen molar-refractivity contribution in [2.24, 2.45) is 0 Å². The molecule has 7 nitrogen and oxygen atoms in total. The van der Waals surface area contributed by atoms with Gasteiger partial charge in [-0.25, -0.2) is 0 Å². The van der Waals surface area contributed by atoms with Gasteiger partial charge < -0.3 is 20.9 Å². The molecule has 4 rings (SSSR count). The van der Waals surface area contributed by atoms with E-state index in [0.717, 1.165) is 54.7 Å². The predicted octanol–water partition coefficient (Wildman–Crippen LogP) is 3.22. The van der Waals surface area contributed by atoms with Gasteiger partial charge in [0.15, 0.2) is 0 Å². The van der Waals surface area contributed by atoms with E-state index < -0.39 is 5.54 Å². The monoisotopic (exact) mass is 434 g/mol. The minimum atomic E-state index is -0.592. The first-order chi connectivity index (χ1) is 15.4. The smallest absolute Gasteiger partial charge is 0.240 e. The Bertz CT molecular complexity index is 935. The number of hydrogen-bond donors (Lipinski definition) is 3. The van der Waals surface area contributed by atoms with Crippen molar-refractivity contribution in [1.82, 2.24) is 10.2 Å². The lowest BCUT2D eigenvalue weighted by Gasteiger charge is -2.41. The topological polar surface area (TPSA) is 90.5 Å². The van der Waals surface area contributed by atoms with Gasteiger partial charge in [0.25, 0.3) is 0 Å². The van der Waals surface area contributed by atoms with Gasteiger partial charge in [0, 0.05) is 31.8 Å². The zero-order chi connectivity index (χ0) is 22.7. The predicted molar refractivity (Wildman–Crippen MR) is 124 cm³/mol. The summed E-state index contributed by atoms with van der Waals surface area (Å²) in [5.41, 5.74) is 2.90. The summed E-state index contributed by atoms with van der Waals surface area (Å²) >= 11 is 0. The molecule has 2 saturated heterocycles. The average Bonchev–Trinajstić information content (AvgIpc) is 3.44. The Labute approximate surface area is 188 Å². The zero-order valence-electron chi connectivity index (χ0n) is 18.6. The van der Waals surface area contributed by atoms with Crippen LogP contribution in [0, 0.1) is 0 Å². The quantitative estimate of drug-likeness (QED) is 0.674. The zero-order valence-corrected chi connectivity index (χ0v) is 18.6. The molecule has 32 heavy (non-hydrogen) atoms. The maximum absolute atomic E-state index is 13.6. The SMILES string of the molecule is CC(=O)Nc1ccc(C2(c3ccc(NC(C)=O)cc3)CCCN2C(=O)[C@@H]2CCCN2)cc1. The third-order valence-corrected chi connectivity index (χ3v) is 6.37. The number of hydrogen-bond acceptors (Lipinski definition) is 4. The van der Waals surface area contributed by atoms with Crippen LogP contribution in [-0.4, -0.2) is 41.8 Å². The van der Waals surface area contributed by atoms with Crippen molar-refractivity contribution >= 4 is 29.1 Å². The van der Waals surface area contributed by atoms with E-state index in [2.05, 4.69) is 16.0 Å². The van der Waals surface area contributed by atoms with Crippen molar-refractivity contribution in [3.05, 3.63) is 59.7 Å². The molecule has 0 aliphatic carbocycles. The van der Waals surface area contributed by atoms with Crippen LogP contribution in [0.25, 0.3) is 0 Å². The van der Waals surface area contributed by atoms with Gasteiger partial charge in [0.05, 0.1) is 11.6 Å².